The molecule has 1 saturated carbocycles. The van der Waals surface area contributed by atoms with Crippen LogP contribution in [0, 0.1) is 0 Å². The summed E-state index contributed by atoms with van der Waals surface area (Å²) in [5.41, 5.74) is 0.412. The van der Waals surface area contributed by atoms with Gasteiger partial charge in [0.1, 0.15) is 10.8 Å². The highest BCUT2D eigenvalue weighted by molar-refractivity contribution is 7.99. The number of thioether (sulfide) groups is 1. The lowest BCUT2D eigenvalue weighted by molar-refractivity contribution is -0.113. The van der Waals surface area contributed by atoms with Crippen molar-refractivity contribution in [3.8, 4) is 0 Å². The summed E-state index contributed by atoms with van der Waals surface area (Å²) in [7, 11) is 0. The normalized spacial score (nSPS) is 14.1. The number of rotatable bonds is 10. The highest BCUT2D eigenvalue weighted by Crippen LogP contribution is 2.35. The SMILES string of the molecule is C=CCn1c(SCC(=O)Nc2sc(CC)cc2C(=O)OCC)nnc1C1CCCC1. The van der Waals surface area contributed by atoms with Crippen molar-refractivity contribution in [1.82, 2.24) is 14.8 Å². The predicted molar refractivity (Wildman–Crippen MR) is 120 cm³/mol. The second kappa shape index (κ2) is 10.8. The molecule has 3 rings (SSSR count). The first-order chi connectivity index (χ1) is 14.6. The molecule has 7 nitrogen and oxygen atoms in total. The largest absolute Gasteiger partial charge is 0.462 e. The van der Waals surface area contributed by atoms with Gasteiger partial charge in [0, 0.05) is 17.3 Å². The molecule has 1 N–H and O–H groups in total. The summed E-state index contributed by atoms with van der Waals surface area (Å²) in [4.78, 5) is 25.8. The highest BCUT2D eigenvalue weighted by Gasteiger charge is 2.25. The number of nitrogens with one attached hydrogen (secondary N) is 1. The van der Waals surface area contributed by atoms with Gasteiger partial charge in [-0.2, -0.15) is 0 Å². The van der Waals surface area contributed by atoms with E-state index in [1.54, 1.807) is 13.0 Å². The molecule has 0 atom stereocenters. The van der Waals surface area contributed by atoms with Crippen molar-refractivity contribution in [2.75, 3.05) is 17.7 Å². The Morgan fingerprint density at radius 2 is 2.13 bits per heavy atom. The number of carbonyl (C=O) groups is 2. The molecular formula is C21H28N4O3S2. The number of aromatic nitrogens is 3. The van der Waals surface area contributed by atoms with E-state index >= 15 is 0 Å². The molecule has 0 radical (unpaired) electrons. The highest BCUT2D eigenvalue weighted by atomic mass is 32.2. The van der Waals surface area contributed by atoms with Crippen LogP contribution in [0.2, 0.25) is 0 Å². The van der Waals surface area contributed by atoms with Crippen molar-refractivity contribution >= 4 is 40.0 Å². The lowest BCUT2D eigenvalue weighted by Crippen LogP contribution is -2.16. The van der Waals surface area contributed by atoms with Gasteiger partial charge < -0.3 is 14.6 Å². The maximum Gasteiger partial charge on any atom is 0.341 e. The zero-order valence-electron chi connectivity index (χ0n) is 17.5. The number of hydrogen-bond acceptors (Lipinski definition) is 7. The number of aryl methyl sites for hydroxylation is 1. The van der Waals surface area contributed by atoms with Crippen LogP contribution in [0.15, 0.2) is 23.9 Å². The van der Waals surface area contributed by atoms with Gasteiger partial charge in [-0.1, -0.05) is 37.6 Å². The predicted octanol–water partition coefficient (Wildman–Crippen LogP) is 4.65. The first-order valence-electron chi connectivity index (χ1n) is 10.3. The molecular weight excluding hydrogens is 420 g/mol. The first kappa shape index (κ1) is 22.6. The van der Waals surface area contributed by atoms with E-state index < -0.39 is 5.97 Å². The quantitative estimate of drug-likeness (QED) is 0.323. The zero-order chi connectivity index (χ0) is 21.5. The third kappa shape index (κ3) is 5.31. The van der Waals surface area contributed by atoms with Crippen molar-refractivity contribution in [2.24, 2.45) is 0 Å². The fraction of sp³-hybridized carbons (Fsp3) is 0.524. The van der Waals surface area contributed by atoms with Crippen LogP contribution in [0.25, 0.3) is 0 Å². The molecule has 2 aromatic heterocycles. The molecule has 0 aromatic carbocycles. The van der Waals surface area contributed by atoms with Crippen LogP contribution in [-0.2, 0) is 22.5 Å². The number of hydrogen-bond donors (Lipinski definition) is 1. The fourth-order valence-corrected chi connectivity index (χ4v) is 5.31. The third-order valence-electron chi connectivity index (χ3n) is 4.99. The molecule has 2 heterocycles. The number of thiophene rings is 1. The minimum atomic E-state index is -0.414. The van der Waals surface area contributed by atoms with Gasteiger partial charge >= 0.3 is 5.97 Å². The molecule has 1 aliphatic rings. The Morgan fingerprint density at radius 3 is 2.80 bits per heavy atom. The van der Waals surface area contributed by atoms with Crippen LogP contribution < -0.4 is 5.32 Å². The van der Waals surface area contributed by atoms with Crippen LogP contribution in [0.3, 0.4) is 0 Å². The molecule has 9 heteroatoms. The molecule has 0 aliphatic heterocycles. The van der Waals surface area contributed by atoms with E-state index in [9.17, 15) is 9.59 Å². The molecule has 0 saturated heterocycles. The number of nitrogens with zero attached hydrogens (tertiary/aromatic N) is 3. The van der Waals surface area contributed by atoms with Gasteiger partial charge in [0.05, 0.1) is 17.9 Å². The Balaban J connectivity index is 1.67. The number of carbonyl (C=O) groups excluding carboxylic acids is 2. The first-order valence-corrected chi connectivity index (χ1v) is 12.1. The molecule has 0 unspecified atom stereocenters. The lowest BCUT2D eigenvalue weighted by atomic mass is 10.1. The summed E-state index contributed by atoms with van der Waals surface area (Å²) in [5, 5.41) is 12.9. The molecule has 30 heavy (non-hydrogen) atoms. The molecule has 162 valence electrons. The van der Waals surface area contributed by atoms with Crippen LogP contribution in [0.4, 0.5) is 5.00 Å². The number of amides is 1. The van der Waals surface area contributed by atoms with Crippen LogP contribution in [0.1, 0.15) is 66.5 Å². The summed E-state index contributed by atoms with van der Waals surface area (Å²) in [6.07, 6.45) is 7.33. The van der Waals surface area contributed by atoms with Gasteiger partial charge in [-0.25, -0.2) is 4.79 Å². The van der Waals surface area contributed by atoms with Gasteiger partial charge in [0.25, 0.3) is 0 Å². The average Bonchev–Trinajstić information content (AvgIpc) is 3.46. The molecule has 1 fully saturated rings. The molecule has 0 bridgehead atoms. The number of ether oxygens (including phenoxy) is 1. The van der Waals surface area contributed by atoms with Crippen molar-refractivity contribution in [2.45, 2.75) is 63.6 Å². The van der Waals surface area contributed by atoms with E-state index in [1.165, 1.54) is 35.9 Å². The summed E-state index contributed by atoms with van der Waals surface area (Å²) in [6.45, 7) is 8.53. The molecule has 1 aliphatic carbocycles. The van der Waals surface area contributed by atoms with E-state index in [1.807, 2.05) is 13.0 Å². The standard InChI is InChI=1S/C21H28N4O3S2/c1-4-11-25-18(14-9-7-8-10-14)23-24-21(25)29-13-17(26)22-19-16(20(27)28-6-3)12-15(5-2)30-19/h4,12,14H,1,5-11,13H2,2-3H3,(H,22,26). The van der Waals surface area contributed by atoms with Gasteiger partial charge in [-0.05, 0) is 32.3 Å². The third-order valence-corrected chi connectivity index (χ3v) is 7.15. The Hall–Kier alpha value is -2.13. The fourth-order valence-electron chi connectivity index (χ4n) is 3.56. The minimum absolute atomic E-state index is 0.182. The second-order valence-electron chi connectivity index (χ2n) is 7.09. The molecule has 0 spiro atoms. The van der Waals surface area contributed by atoms with Crippen molar-refractivity contribution in [3.05, 3.63) is 35.0 Å². The van der Waals surface area contributed by atoms with Crippen LogP contribution in [0.5, 0.6) is 0 Å². The maximum atomic E-state index is 12.6. The Morgan fingerprint density at radius 1 is 1.37 bits per heavy atom. The van der Waals surface area contributed by atoms with Gasteiger partial charge in [-0.3, -0.25) is 4.79 Å². The Kier molecular flexibility index (Phi) is 8.09. The van der Waals surface area contributed by atoms with Crippen LogP contribution >= 0.6 is 23.1 Å². The summed E-state index contributed by atoms with van der Waals surface area (Å²) in [5.74, 6) is 1.01. The zero-order valence-corrected chi connectivity index (χ0v) is 19.1. The average molecular weight is 449 g/mol. The Labute approximate surface area is 185 Å². The van der Waals surface area contributed by atoms with E-state index in [0.29, 0.717) is 29.6 Å². The van der Waals surface area contributed by atoms with Crippen LogP contribution in [-0.4, -0.2) is 39.0 Å². The summed E-state index contributed by atoms with van der Waals surface area (Å²) in [6, 6.07) is 1.79. The number of anilines is 1. The van der Waals surface area contributed by atoms with Crippen molar-refractivity contribution in [1.29, 1.82) is 0 Å². The van der Waals surface area contributed by atoms with Gasteiger partial charge in [-0.15, -0.1) is 28.1 Å². The number of allylic oxidation sites excluding steroid dienone is 1. The van der Waals surface area contributed by atoms with Gasteiger partial charge in [0.15, 0.2) is 5.16 Å². The molecule has 2 aromatic rings. The second-order valence-corrected chi connectivity index (χ2v) is 9.17. The maximum absolute atomic E-state index is 12.6. The Bertz CT molecular complexity index is 900. The number of esters is 1. The minimum Gasteiger partial charge on any atom is -0.462 e. The van der Waals surface area contributed by atoms with Crippen molar-refractivity contribution < 1.29 is 14.3 Å². The van der Waals surface area contributed by atoms with E-state index in [0.717, 1.165) is 35.1 Å². The van der Waals surface area contributed by atoms with E-state index in [2.05, 4.69) is 26.7 Å². The van der Waals surface area contributed by atoms with Crippen molar-refractivity contribution in [3.63, 3.8) is 0 Å². The topological polar surface area (TPSA) is 86.1 Å². The summed E-state index contributed by atoms with van der Waals surface area (Å²) >= 11 is 2.76. The van der Waals surface area contributed by atoms with E-state index in [4.69, 9.17) is 4.74 Å². The monoisotopic (exact) mass is 448 g/mol. The lowest BCUT2D eigenvalue weighted by Gasteiger charge is -2.12. The summed E-state index contributed by atoms with van der Waals surface area (Å²) < 4.78 is 7.17. The smallest absolute Gasteiger partial charge is 0.341 e. The molecule has 1 amide bonds. The van der Waals surface area contributed by atoms with E-state index in [-0.39, 0.29) is 11.7 Å². The van der Waals surface area contributed by atoms with Gasteiger partial charge in [0.2, 0.25) is 5.91 Å².